The summed E-state index contributed by atoms with van der Waals surface area (Å²) in [7, 11) is 1.56. The van der Waals surface area contributed by atoms with Crippen LogP contribution in [0, 0.1) is 28.6 Å². The number of alkyl halides is 2. The third-order valence-electron chi connectivity index (χ3n) is 9.63. The molecule has 3 fully saturated rings. The molecule has 1 aromatic carbocycles. The highest BCUT2D eigenvalue weighted by Crippen LogP contribution is 2.69. The van der Waals surface area contributed by atoms with E-state index in [2.05, 4.69) is 0 Å². The van der Waals surface area contributed by atoms with E-state index in [1.807, 2.05) is 6.92 Å². The number of ether oxygens (including phenoxy) is 1. The van der Waals surface area contributed by atoms with Crippen LogP contribution in [0.2, 0.25) is 5.02 Å². The van der Waals surface area contributed by atoms with Gasteiger partial charge in [-0.1, -0.05) is 24.6 Å². The lowest BCUT2D eigenvalue weighted by atomic mass is 9.45. The van der Waals surface area contributed by atoms with Gasteiger partial charge in [-0.05, 0) is 85.9 Å². The second-order valence-corrected chi connectivity index (χ2v) is 12.3. The van der Waals surface area contributed by atoms with Gasteiger partial charge in [-0.3, -0.25) is 24.7 Å². The topological polar surface area (TPSA) is 104 Å². The molecule has 7 nitrogen and oxygen atoms in total. The molecule has 4 aliphatic carbocycles. The van der Waals surface area contributed by atoms with Crippen molar-refractivity contribution in [2.75, 3.05) is 18.7 Å². The molecule has 0 aliphatic heterocycles. The van der Waals surface area contributed by atoms with Gasteiger partial charge in [0, 0.05) is 36.2 Å². The molecule has 8 atom stereocenters. The average molecular weight is 580 g/mol. The number of esters is 1. The zero-order valence-electron chi connectivity index (χ0n) is 23.1. The van der Waals surface area contributed by atoms with E-state index in [0.29, 0.717) is 17.9 Å². The predicted octanol–water partition coefficient (Wildman–Crippen LogP) is 5.22. The van der Waals surface area contributed by atoms with Crippen molar-refractivity contribution in [3.05, 3.63) is 53.1 Å². The van der Waals surface area contributed by atoms with Crippen LogP contribution in [0.5, 0.6) is 0 Å². The summed E-state index contributed by atoms with van der Waals surface area (Å²) in [5.74, 6) is -2.72. The average Bonchev–Trinajstić information content (AvgIpc) is 3.22. The predicted molar refractivity (Wildman–Crippen MR) is 145 cm³/mol. The van der Waals surface area contributed by atoms with Crippen LogP contribution in [-0.4, -0.2) is 59.4 Å². The minimum atomic E-state index is -2.13. The summed E-state index contributed by atoms with van der Waals surface area (Å²) in [5.41, 5.74) is -3.43. The fourth-order valence-electron chi connectivity index (χ4n) is 7.66. The molecule has 0 heterocycles. The zero-order chi connectivity index (χ0) is 29.6. The van der Waals surface area contributed by atoms with E-state index in [0.717, 1.165) is 10.8 Å². The Labute approximate surface area is 237 Å². The minimum absolute atomic E-state index is 0.0583. The van der Waals surface area contributed by atoms with Crippen molar-refractivity contribution >= 4 is 34.8 Å². The number of carbonyl (C=O) groups excluding carboxylic acids is 3. The molecule has 1 aromatic rings. The third-order valence-corrected chi connectivity index (χ3v) is 9.88. The molecule has 0 spiro atoms. The Morgan fingerprint density at radius 1 is 1.18 bits per heavy atom. The van der Waals surface area contributed by atoms with E-state index in [9.17, 15) is 19.5 Å². The Balaban J connectivity index is 0.000000312. The first-order chi connectivity index (χ1) is 18.6. The number of nitrogens with zero attached hydrogens (tertiary/aromatic N) is 1. The summed E-state index contributed by atoms with van der Waals surface area (Å²) in [6.07, 6.45) is 1.90. The molecule has 10 heteroatoms. The highest BCUT2D eigenvalue weighted by Gasteiger charge is 2.72. The Hall–Kier alpha value is -2.62. The number of carbonyl (C=O) groups is 3. The number of ketones is 2. The molecule has 0 aromatic heterocycles. The van der Waals surface area contributed by atoms with Crippen LogP contribution in [0.1, 0.15) is 46.5 Å². The number of fused-ring (bicyclic) bond motifs is 5. The molecule has 1 unspecified atom stereocenters. The Morgan fingerprint density at radius 3 is 2.42 bits per heavy atom. The van der Waals surface area contributed by atoms with Crippen molar-refractivity contribution in [1.29, 1.82) is 0 Å². The van der Waals surface area contributed by atoms with Gasteiger partial charge in [0.1, 0.15) is 12.8 Å². The first-order valence-corrected chi connectivity index (χ1v) is 13.8. The summed E-state index contributed by atoms with van der Waals surface area (Å²) in [6.45, 7) is 4.31. The van der Waals surface area contributed by atoms with Crippen LogP contribution < -0.4 is 5.06 Å². The second-order valence-electron chi connectivity index (χ2n) is 11.8. The number of aliphatic hydroxyl groups excluding tert-OH is 1. The third kappa shape index (κ3) is 5.01. The number of aliphatic hydroxyl groups is 1. The molecule has 218 valence electrons. The van der Waals surface area contributed by atoms with Crippen molar-refractivity contribution in [2.45, 2.75) is 64.4 Å². The fraction of sp³-hybridized carbons (Fsp3) is 0.567. The molecule has 0 bridgehead atoms. The second kappa shape index (κ2) is 11.0. The van der Waals surface area contributed by atoms with E-state index in [1.165, 1.54) is 25.2 Å². The van der Waals surface area contributed by atoms with Crippen LogP contribution in [0.3, 0.4) is 0 Å². The summed E-state index contributed by atoms with van der Waals surface area (Å²) in [4.78, 5) is 35.7. The van der Waals surface area contributed by atoms with Gasteiger partial charge < -0.3 is 9.84 Å². The molecule has 4 aliphatic rings. The van der Waals surface area contributed by atoms with E-state index in [-0.39, 0.29) is 42.5 Å². The molecule has 3 saturated carbocycles. The number of hydrogen-bond donors (Lipinski definition) is 2. The summed E-state index contributed by atoms with van der Waals surface area (Å²) >= 11 is 5.62. The summed E-state index contributed by atoms with van der Waals surface area (Å²) in [6, 6.07) is 6.93. The standard InChI is InChI=1S/C23H28F2O5.C7H8ClNO/c1-12(26)30-11-19(28)15-5-4-14-16-9-18(24)17-8-13(27)6-7-22(17,3)23(16,25)20(29)10-21(14,15)2;1-9(10)7-4-2-6(8)3-5-7/h6-8,14-16,18,20,29H,4-5,9-11H2,1-3H3;2-5,10H,1H3/t14?,15-,16+,18+,20+,21+,22+,23+;/m1./s1. The van der Waals surface area contributed by atoms with Crippen LogP contribution in [0.25, 0.3) is 0 Å². The maximum Gasteiger partial charge on any atom is 0.303 e. The molecule has 0 saturated heterocycles. The highest BCUT2D eigenvalue weighted by molar-refractivity contribution is 6.30. The number of Topliss-reactive ketones (excluding diaryl/α,β-unsaturated/α-hetero) is 1. The molecular weight excluding hydrogens is 544 g/mol. The lowest BCUT2D eigenvalue weighted by molar-refractivity contribution is -0.202. The van der Waals surface area contributed by atoms with E-state index < -0.39 is 46.6 Å². The summed E-state index contributed by atoms with van der Waals surface area (Å²) < 4.78 is 36.9. The van der Waals surface area contributed by atoms with Crippen molar-refractivity contribution < 1.29 is 38.2 Å². The van der Waals surface area contributed by atoms with Gasteiger partial charge in [-0.15, -0.1) is 0 Å². The Bertz CT molecular complexity index is 1240. The maximum atomic E-state index is 16.8. The van der Waals surface area contributed by atoms with E-state index in [4.69, 9.17) is 21.5 Å². The number of anilines is 1. The summed E-state index contributed by atoms with van der Waals surface area (Å²) in [5, 5.41) is 21.7. The number of halogens is 3. The number of hydroxylamine groups is 1. The van der Waals surface area contributed by atoms with Crippen LogP contribution in [-0.2, 0) is 19.1 Å². The van der Waals surface area contributed by atoms with Gasteiger partial charge in [-0.2, -0.15) is 0 Å². The monoisotopic (exact) mass is 579 g/mol. The highest BCUT2D eigenvalue weighted by atomic mass is 35.5. The smallest absolute Gasteiger partial charge is 0.303 e. The van der Waals surface area contributed by atoms with Crippen molar-refractivity contribution in [1.82, 2.24) is 0 Å². The molecular formula is C30H36ClF2NO6. The van der Waals surface area contributed by atoms with Crippen molar-refractivity contribution in [3.8, 4) is 0 Å². The molecule has 0 amide bonds. The molecule has 40 heavy (non-hydrogen) atoms. The Kier molecular flexibility index (Phi) is 8.33. The quantitative estimate of drug-likeness (QED) is 0.372. The lowest BCUT2D eigenvalue weighted by Crippen LogP contribution is -2.68. The van der Waals surface area contributed by atoms with Gasteiger partial charge in [0.25, 0.3) is 0 Å². The van der Waals surface area contributed by atoms with Crippen LogP contribution in [0.15, 0.2) is 48.1 Å². The lowest BCUT2D eigenvalue weighted by Gasteiger charge is -2.62. The number of rotatable bonds is 4. The van der Waals surface area contributed by atoms with Crippen LogP contribution >= 0.6 is 11.6 Å². The first kappa shape index (κ1) is 30.3. The number of allylic oxidation sites excluding steroid dienone is 4. The van der Waals surface area contributed by atoms with Gasteiger partial charge in [0.05, 0.1) is 11.8 Å². The maximum absolute atomic E-state index is 16.8. The fourth-order valence-corrected chi connectivity index (χ4v) is 7.79. The van der Waals surface area contributed by atoms with Gasteiger partial charge >= 0.3 is 5.97 Å². The number of benzene rings is 1. The minimum Gasteiger partial charge on any atom is -0.458 e. The van der Waals surface area contributed by atoms with Crippen molar-refractivity contribution in [2.24, 2.45) is 28.6 Å². The normalized spacial score (nSPS) is 37.7. The SMILES string of the molecule is CC(=O)OCC(=O)[C@H]1CCC2[C@@H]3C[C@H](F)C4=CC(=O)C=C[C@]4(C)[C@@]3(F)[C@@H](O)C[C@@]21C.CN(O)c1ccc(Cl)cc1. The zero-order valence-corrected chi connectivity index (χ0v) is 23.8. The Morgan fingerprint density at radius 2 is 1.82 bits per heavy atom. The molecule has 5 rings (SSSR count). The molecule has 2 N–H and O–H groups in total. The molecule has 0 radical (unpaired) electrons. The van der Waals surface area contributed by atoms with Gasteiger partial charge in [0.2, 0.25) is 0 Å². The van der Waals surface area contributed by atoms with E-state index >= 15 is 8.78 Å². The van der Waals surface area contributed by atoms with Gasteiger partial charge in [-0.25, -0.2) is 8.78 Å². The van der Waals surface area contributed by atoms with Gasteiger partial charge in [0.15, 0.2) is 17.2 Å². The number of hydrogen-bond acceptors (Lipinski definition) is 7. The van der Waals surface area contributed by atoms with Crippen LogP contribution in [0.4, 0.5) is 14.5 Å². The first-order valence-electron chi connectivity index (χ1n) is 13.5. The van der Waals surface area contributed by atoms with Crippen molar-refractivity contribution in [3.63, 3.8) is 0 Å². The largest absolute Gasteiger partial charge is 0.458 e. The van der Waals surface area contributed by atoms with E-state index in [1.54, 1.807) is 38.2 Å².